The fourth-order valence-electron chi connectivity index (χ4n) is 1.85. The maximum Gasteiger partial charge on any atom is 0.274 e. The summed E-state index contributed by atoms with van der Waals surface area (Å²) in [7, 11) is 0. The molecule has 0 saturated heterocycles. The monoisotopic (exact) mass is 268 g/mol. The van der Waals surface area contributed by atoms with Crippen molar-refractivity contribution in [3.05, 3.63) is 66.4 Å². The van der Waals surface area contributed by atoms with Gasteiger partial charge >= 0.3 is 0 Å². The summed E-state index contributed by atoms with van der Waals surface area (Å²) in [5.41, 5.74) is 1.24. The summed E-state index contributed by atoms with van der Waals surface area (Å²) in [6, 6.07) is 13.1. The van der Waals surface area contributed by atoms with Gasteiger partial charge in [0.2, 0.25) is 5.76 Å². The molecule has 5 heteroatoms. The summed E-state index contributed by atoms with van der Waals surface area (Å²) in [6.07, 6.45) is 2.75. The number of nitrogens with one attached hydrogen (secondary N) is 1. The number of amides is 1. The molecule has 1 amide bonds. The summed E-state index contributed by atoms with van der Waals surface area (Å²) < 4.78 is 10.4. The first-order chi connectivity index (χ1) is 9.84. The number of hydrogen-bond donors (Lipinski definition) is 1. The van der Waals surface area contributed by atoms with Gasteiger partial charge in [0.1, 0.15) is 0 Å². The Balaban J connectivity index is 1.74. The van der Waals surface area contributed by atoms with Gasteiger partial charge in [-0.1, -0.05) is 30.3 Å². The Hall–Kier alpha value is -2.82. The molecule has 1 aromatic carbocycles. The normalized spacial score (nSPS) is 10.4. The van der Waals surface area contributed by atoms with Gasteiger partial charge in [0.05, 0.1) is 6.26 Å². The molecule has 0 spiro atoms. The minimum atomic E-state index is -0.297. The van der Waals surface area contributed by atoms with Gasteiger partial charge in [0, 0.05) is 6.54 Å². The molecular formula is C15H12N2O3. The van der Waals surface area contributed by atoms with Crippen molar-refractivity contribution in [1.82, 2.24) is 10.3 Å². The van der Waals surface area contributed by atoms with Crippen LogP contribution < -0.4 is 5.32 Å². The van der Waals surface area contributed by atoms with E-state index in [4.69, 9.17) is 8.83 Å². The Morgan fingerprint density at radius 3 is 2.70 bits per heavy atom. The van der Waals surface area contributed by atoms with E-state index in [0.717, 1.165) is 5.56 Å². The van der Waals surface area contributed by atoms with Crippen LogP contribution in [0, 0.1) is 0 Å². The molecular weight excluding hydrogens is 256 g/mol. The fourth-order valence-corrected chi connectivity index (χ4v) is 1.85. The van der Waals surface area contributed by atoms with E-state index in [1.54, 1.807) is 12.1 Å². The minimum Gasteiger partial charge on any atom is -0.461 e. The Bertz CT molecular complexity index is 687. The second kappa shape index (κ2) is 5.44. The smallest absolute Gasteiger partial charge is 0.274 e. The van der Waals surface area contributed by atoms with Crippen LogP contribution in [0.3, 0.4) is 0 Å². The maximum absolute atomic E-state index is 12.1. The third-order valence-electron chi connectivity index (χ3n) is 2.82. The van der Waals surface area contributed by atoms with Gasteiger partial charge < -0.3 is 14.2 Å². The Labute approximate surface area is 115 Å². The van der Waals surface area contributed by atoms with Crippen LogP contribution in [0.25, 0.3) is 11.5 Å². The van der Waals surface area contributed by atoms with Crippen LogP contribution >= 0.6 is 0 Å². The molecule has 5 nitrogen and oxygen atoms in total. The highest BCUT2D eigenvalue weighted by molar-refractivity contribution is 5.96. The number of rotatable bonds is 4. The molecule has 0 radical (unpaired) electrons. The van der Waals surface area contributed by atoms with Gasteiger partial charge in [-0.2, -0.15) is 0 Å². The minimum absolute atomic E-state index is 0.218. The number of oxazole rings is 1. The maximum atomic E-state index is 12.1. The van der Waals surface area contributed by atoms with Crippen LogP contribution in [0.2, 0.25) is 0 Å². The van der Waals surface area contributed by atoms with E-state index in [2.05, 4.69) is 10.3 Å². The Morgan fingerprint density at radius 1 is 1.10 bits per heavy atom. The van der Waals surface area contributed by atoms with E-state index in [1.807, 2.05) is 30.3 Å². The number of hydrogen-bond acceptors (Lipinski definition) is 4. The zero-order valence-corrected chi connectivity index (χ0v) is 10.6. The summed E-state index contributed by atoms with van der Waals surface area (Å²) >= 11 is 0. The fraction of sp³-hybridized carbons (Fsp3) is 0.0667. The summed E-state index contributed by atoms with van der Waals surface area (Å²) in [4.78, 5) is 16.1. The zero-order chi connectivity index (χ0) is 13.8. The molecule has 3 aromatic rings. The number of carbonyl (C=O) groups excluding carboxylic acids is 1. The van der Waals surface area contributed by atoms with E-state index in [-0.39, 0.29) is 11.6 Å². The second-order valence-electron chi connectivity index (χ2n) is 4.18. The quantitative estimate of drug-likeness (QED) is 0.790. The molecule has 0 bridgehead atoms. The lowest BCUT2D eigenvalue weighted by Crippen LogP contribution is -2.23. The molecule has 0 atom stereocenters. The largest absolute Gasteiger partial charge is 0.461 e. The molecule has 0 aliphatic rings. The zero-order valence-electron chi connectivity index (χ0n) is 10.6. The van der Waals surface area contributed by atoms with E-state index in [9.17, 15) is 4.79 Å². The average molecular weight is 268 g/mol. The van der Waals surface area contributed by atoms with Gasteiger partial charge in [-0.05, 0) is 17.7 Å². The molecule has 0 saturated carbocycles. The van der Waals surface area contributed by atoms with Crippen LogP contribution in [0.5, 0.6) is 0 Å². The summed E-state index contributed by atoms with van der Waals surface area (Å²) in [5.74, 6) is 0.516. The van der Waals surface area contributed by atoms with Crippen LogP contribution in [0.1, 0.15) is 16.1 Å². The lowest BCUT2D eigenvalue weighted by atomic mass is 10.2. The van der Waals surface area contributed by atoms with Gasteiger partial charge in [-0.3, -0.25) is 4.79 Å². The van der Waals surface area contributed by atoms with Crippen molar-refractivity contribution in [3.63, 3.8) is 0 Å². The van der Waals surface area contributed by atoms with Crippen LogP contribution in [0.4, 0.5) is 0 Å². The lowest BCUT2D eigenvalue weighted by Gasteiger charge is -2.03. The Morgan fingerprint density at radius 2 is 1.95 bits per heavy atom. The van der Waals surface area contributed by atoms with Crippen molar-refractivity contribution in [1.29, 1.82) is 0 Å². The Kier molecular flexibility index (Phi) is 3.33. The van der Waals surface area contributed by atoms with Crippen LogP contribution in [0.15, 0.2) is 64.0 Å². The molecule has 0 aliphatic carbocycles. The SMILES string of the molecule is O=C(NCc1ccccc1)c1ncoc1-c1ccco1. The van der Waals surface area contributed by atoms with E-state index < -0.39 is 0 Å². The third-order valence-corrected chi connectivity index (χ3v) is 2.82. The van der Waals surface area contributed by atoms with Gasteiger partial charge in [0.25, 0.3) is 5.91 Å². The van der Waals surface area contributed by atoms with Crippen molar-refractivity contribution < 1.29 is 13.6 Å². The number of benzene rings is 1. The highest BCUT2D eigenvalue weighted by Crippen LogP contribution is 2.23. The van der Waals surface area contributed by atoms with Gasteiger partial charge in [-0.25, -0.2) is 4.98 Å². The van der Waals surface area contributed by atoms with Gasteiger partial charge in [0.15, 0.2) is 17.8 Å². The molecule has 3 rings (SSSR count). The second-order valence-corrected chi connectivity index (χ2v) is 4.18. The van der Waals surface area contributed by atoms with E-state index in [0.29, 0.717) is 18.1 Å². The molecule has 0 unspecified atom stereocenters. The number of aromatic nitrogens is 1. The van der Waals surface area contributed by atoms with E-state index >= 15 is 0 Å². The van der Waals surface area contributed by atoms with Crippen LogP contribution in [-0.2, 0) is 6.54 Å². The number of nitrogens with zero attached hydrogens (tertiary/aromatic N) is 1. The van der Waals surface area contributed by atoms with Gasteiger partial charge in [-0.15, -0.1) is 0 Å². The molecule has 0 aliphatic heterocycles. The standard InChI is InChI=1S/C15H12N2O3/c18-15(16-9-11-5-2-1-3-6-11)13-14(20-10-17-13)12-7-4-8-19-12/h1-8,10H,9H2,(H,16,18). The first-order valence-electron chi connectivity index (χ1n) is 6.14. The molecule has 20 heavy (non-hydrogen) atoms. The summed E-state index contributed by atoms with van der Waals surface area (Å²) in [5, 5.41) is 2.80. The van der Waals surface area contributed by atoms with Crippen molar-refractivity contribution in [3.8, 4) is 11.5 Å². The molecule has 1 N–H and O–H groups in total. The highest BCUT2D eigenvalue weighted by atomic mass is 16.4. The lowest BCUT2D eigenvalue weighted by molar-refractivity contribution is 0.0946. The molecule has 0 fully saturated rings. The number of carbonyl (C=O) groups is 1. The van der Waals surface area contributed by atoms with Crippen molar-refractivity contribution in [2.75, 3.05) is 0 Å². The van der Waals surface area contributed by atoms with Crippen molar-refractivity contribution >= 4 is 5.91 Å². The predicted octanol–water partition coefficient (Wildman–Crippen LogP) is 2.86. The van der Waals surface area contributed by atoms with E-state index in [1.165, 1.54) is 12.7 Å². The average Bonchev–Trinajstić information content (AvgIpc) is 3.15. The topological polar surface area (TPSA) is 68.3 Å². The predicted molar refractivity (Wildman–Crippen MR) is 71.8 cm³/mol. The first-order valence-corrected chi connectivity index (χ1v) is 6.14. The third kappa shape index (κ3) is 2.47. The molecule has 2 heterocycles. The first kappa shape index (κ1) is 12.2. The van der Waals surface area contributed by atoms with Crippen LogP contribution in [-0.4, -0.2) is 10.9 Å². The van der Waals surface area contributed by atoms with Crippen molar-refractivity contribution in [2.45, 2.75) is 6.54 Å². The highest BCUT2D eigenvalue weighted by Gasteiger charge is 2.19. The number of furan rings is 1. The van der Waals surface area contributed by atoms with Crippen molar-refractivity contribution in [2.24, 2.45) is 0 Å². The molecule has 2 aromatic heterocycles. The molecule has 100 valence electrons. The summed E-state index contributed by atoms with van der Waals surface area (Å²) in [6.45, 7) is 0.435.